The average molecular weight is 259 g/mol. The van der Waals surface area contributed by atoms with Crippen molar-refractivity contribution >= 4 is 17.7 Å². The quantitative estimate of drug-likeness (QED) is 0.718. The predicted octanol–water partition coefficient (Wildman–Crippen LogP) is 1.52. The fourth-order valence-electron chi connectivity index (χ4n) is 1.51. The molecule has 0 bridgehead atoms. The lowest BCUT2D eigenvalue weighted by Gasteiger charge is -2.37. The molecule has 1 aliphatic rings. The van der Waals surface area contributed by atoms with Gasteiger partial charge in [0.2, 0.25) is 5.79 Å². The minimum atomic E-state index is -1.11. The van der Waals surface area contributed by atoms with Gasteiger partial charge in [-0.3, -0.25) is 4.79 Å². The van der Waals surface area contributed by atoms with Gasteiger partial charge in [0.05, 0.1) is 18.5 Å². The normalized spacial score (nSPS) is 29.5. The van der Waals surface area contributed by atoms with Crippen LogP contribution in [0, 0.1) is 0 Å². The van der Waals surface area contributed by atoms with Gasteiger partial charge in [-0.2, -0.15) is 0 Å². The molecule has 1 heterocycles. The highest BCUT2D eigenvalue weighted by atomic mass is 32.2. The molecular weight excluding hydrogens is 238 g/mol. The molecule has 1 rings (SSSR count). The number of likely N-dealkylation sites (N-methyl/N-ethyl adjacent to an activating group) is 1. The Bertz CT molecular complexity index is 283. The molecule has 0 radical (unpaired) electrons. The smallest absolute Gasteiger partial charge is 0.282 e. The largest absolute Gasteiger partial charge is 0.344 e. The molecule has 1 amide bonds. The zero-order chi connectivity index (χ0) is 12.9. The van der Waals surface area contributed by atoms with E-state index in [1.807, 2.05) is 13.0 Å². The number of rotatable bonds is 4. The summed E-state index contributed by atoms with van der Waals surface area (Å²) in [5.41, 5.74) is 0. The molecule has 0 spiro atoms. The number of carbonyl (C=O) groups is 1. The van der Waals surface area contributed by atoms with E-state index in [1.165, 1.54) is 4.90 Å². The second-order valence-corrected chi connectivity index (χ2v) is 5.63. The molecule has 4 nitrogen and oxygen atoms in total. The number of allylic oxidation sites excluding steroid dienone is 1. The van der Waals surface area contributed by atoms with Crippen molar-refractivity contribution in [1.82, 2.24) is 4.90 Å². The SMILES string of the molecule is C/C=C/CSC1COC(C)(C(=O)N(C)C)OC1. The van der Waals surface area contributed by atoms with Crippen molar-refractivity contribution in [3.05, 3.63) is 12.2 Å². The van der Waals surface area contributed by atoms with Gasteiger partial charge in [-0.15, -0.1) is 11.8 Å². The minimum absolute atomic E-state index is 0.144. The van der Waals surface area contributed by atoms with Crippen LogP contribution < -0.4 is 0 Å². The highest BCUT2D eigenvalue weighted by Crippen LogP contribution is 2.25. The number of ether oxygens (including phenoxy) is 2. The van der Waals surface area contributed by atoms with Crippen molar-refractivity contribution in [2.75, 3.05) is 33.1 Å². The summed E-state index contributed by atoms with van der Waals surface area (Å²) in [7, 11) is 3.40. The third kappa shape index (κ3) is 4.01. The lowest BCUT2D eigenvalue weighted by atomic mass is 10.2. The molecule has 17 heavy (non-hydrogen) atoms. The molecule has 0 atom stereocenters. The van der Waals surface area contributed by atoms with Crippen LogP contribution in [0.2, 0.25) is 0 Å². The molecular formula is C12H21NO3S. The fraction of sp³-hybridized carbons (Fsp3) is 0.750. The van der Waals surface area contributed by atoms with Crippen LogP contribution in [0.3, 0.4) is 0 Å². The fourth-order valence-corrected chi connectivity index (χ4v) is 2.41. The lowest BCUT2D eigenvalue weighted by molar-refractivity contribution is -0.248. The molecule has 0 aromatic carbocycles. The van der Waals surface area contributed by atoms with Crippen molar-refractivity contribution in [3.8, 4) is 0 Å². The van der Waals surface area contributed by atoms with Crippen LogP contribution in [0.5, 0.6) is 0 Å². The Morgan fingerprint density at radius 2 is 2.06 bits per heavy atom. The Kier molecular flexibility index (Phi) is 5.49. The third-order valence-corrected chi connectivity index (χ3v) is 3.68. The first-order chi connectivity index (χ1) is 7.99. The minimum Gasteiger partial charge on any atom is -0.344 e. The van der Waals surface area contributed by atoms with Gasteiger partial charge in [0.1, 0.15) is 0 Å². The maximum absolute atomic E-state index is 11.8. The van der Waals surface area contributed by atoms with Crippen LogP contribution in [0.15, 0.2) is 12.2 Å². The Hall–Kier alpha value is -0.520. The van der Waals surface area contributed by atoms with Crippen molar-refractivity contribution < 1.29 is 14.3 Å². The number of carbonyl (C=O) groups excluding carboxylic acids is 1. The van der Waals surface area contributed by atoms with E-state index in [0.717, 1.165) is 5.75 Å². The number of hydrogen-bond donors (Lipinski definition) is 0. The zero-order valence-corrected chi connectivity index (χ0v) is 11.8. The Morgan fingerprint density at radius 3 is 2.53 bits per heavy atom. The Balaban J connectivity index is 2.41. The summed E-state index contributed by atoms with van der Waals surface area (Å²) in [6.07, 6.45) is 4.13. The first-order valence-electron chi connectivity index (χ1n) is 5.72. The predicted molar refractivity (Wildman–Crippen MR) is 70.1 cm³/mol. The summed E-state index contributed by atoms with van der Waals surface area (Å²) in [6, 6.07) is 0. The summed E-state index contributed by atoms with van der Waals surface area (Å²) in [6.45, 7) is 4.79. The monoisotopic (exact) mass is 259 g/mol. The van der Waals surface area contributed by atoms with Gasteiger partial charge >= 0.3 is 0 Å². The van der Waals surface area contributed by atoms with Crippen LogP contribution in [0.4, 0.5) is 0 Å². The molecule has 0 saturated carbocycles. The van der Waals surface area contributed by atoms with E-state index < -0.39 is 5.79 Å². The molecule has 98 valence electrons. The molecule has 1 saturated heterocycles. The van der Waals surface area contributed by atoms with Gasteiger partial charge in [0.25, 0.3) is 5.91 Å². The Morgan fingerprint density at radius 1 is 1.47 bits per heavy atom. The van der Waals surface area contributed by atoms with E-state index in [2.05, 4.69) is 6.08 Å². The maximum atomic E-state index is 11.8. The first kappa shape index (κ1) is 14.5. The van der Waals surface area contributed by atoms with Crippen molar-refractivity contribution in [1.29, 1.82) is 0 Å². The van der Waals surface area contributed by atoms with Crippen LogP contribution in [-0.2, 0) is 14.3 Å². The van der Waals surface area contributed by atoms with E-state index in [-0.39, 0.29) is 5.91 Å². The molecule has 0 aliphatic carbocycles. The van der Waals surface area contributed by atoms with E-state index >= 15 is 0 Å². The van der Waals surface area contributed by atoms with Crippen molar-refractivity contribution in [2.45, 2.75) is 24.9 Å². The van der Waals surface area contributed by atoms with Crippen molar-refractivity contribution in [3.63, 3.8) is 0 Å². The highest BCUT2D eigenvalue weighted by Gasteiger charge is 2.41. The van der Waals surface area contributed by atoms with Crippen LogP contribution in [-0.4, -0.2) is 54.9 Å². The summed E-state index contributed by atoms with van der Waals surface area (Å²) >= 11 is 1.78. The first-order valence-corrected chi connectivity index (χ1v) is 6.77. The van der Waals surface area contributed by atoms with Gasteiger partial charge in [-0.1, -0.05) is 12.2 Å². The number of thioether (sulfide) groups is 1. The summed E-state index contributed by atoms with van der Waals surface area (Å²) in [4.78, 5) is 13.3. The Labute approximate surface area is 107 Å². The number of amides is 1. The molecule has 0 aromatic rings. The molecule has 0 aromatic heterocycles. The zero-order valence-electron chi connectivity index (χ0n) is 10.9. The molecule has 1 aliphatic heterocycles. The van der Waals surface area contributed by atoms with Crippen molar-refractivity contribution in [2.24, 2.45) is 0 Å². The second-order valence-electron chi connectivity index (χ2n) is 4.29. The van der Waals surface area contributed by atoms with E-state index in [0.29, 0.717) is 18.5 Å². The standard InChI is InChI=1S/C12H21NO3S/c1-5-6-7-17-10-8-15-12(2,16-9-10)11(14)13(3)4/h5-6,10H,7-9H2,1-4H3/b6-5+. The van der Waals surface area contributed by atoms with Gasteiger partial charge in [0.15, 0.2) is 0 Å². The topological polar surface area (TPSA) is 38.8 Å². The molecule has 1 fully saturated rings. The van der Waals surface area contributed by atoms with Gasteiger partial charge in [-0.25, -0.2) is 0 Å². The maximum Gasteiger partial charge on any atom is 0.282 e. The number of hydrogen-bond acceptors (Lipinski definition) is 4. The summed E-state index contributed by atoms with van der Waals surface area (Å²) in [5.74, 6) is -0.303. The molecule has 0 N–H and O–H groups in total. The number of nitrogens with zero attached hydrogens (tertiary/aromatic N) is 1. The van der Waals surface area contributed by atoms with E-state index in [1.54, 1.807) is 32.8 Å². The molecule has 5 heteroatoms. The van der Waals surface area contributed by atoms with E-state index in [9.17, 15) is 4.79 Å². The van der Waals surface area contributed by atoms with Crippen LogP contribution in [0.1, 0.15) is 13.8 Å². The van der Waals surface area contributed by atoms with E-state index in [4.69, 9.17) is 9.47 Å². The van der Waals surface area contributed by atoms with Gasteiger partial charge < -0.3 is 14.4 Å². The lowest BCUT2D eigenvalue weighted by Crippen LogP contribution is -2.53. The van der Waals surface area contributed by atoms with Gasteiger partial charge in [-0.05, 0) is 13.8 Å². The second kappa shape index (κ2) is 6.42. The van der Waals surface area contributed by atoms with Crippen LogP contribution in [0.25, 0.3) is 0 Å². The third-order valence-electron chi connectivity index (χ3n) is 2.55. The van der Waals surface area contributed by atoms with Gasteiger partial charge in [0, 0.05) is 19.8 Å². The summed E-state index contributed by atoms with van der Waals surface area (Å²) < 4.78 is 11.1. The highest BCUT2D eigenvalue weighted by molar-refractivity contribution is 8.00. The van der Waals surface area contributed by atoms with Crippen LogP contribution >= 0.6 is 11.8 Å². The summed E-state index contributed by atoms with van der Waals surface area (Å²) in [5, 5.41) is 0.300. The average Bonchev–Trinajstić information content (AvgIpc) is 2.31. The molecule has 0 unspecified atom stereocenters.